The summed E-state index contributed by atoms with van der Waals surface area (Å²) in [7, 11) is 0. The maximum absolute atomic E-state index is 11.6. The Hall–Kier alpha value is -2.11. The average Bonchev–Trinajstić information content (AvgIpc) is 3.18. The molecule has 4 nitrogen and oxygen atoms in total. The second kappa shape index (κ2) is 5.51. The zero-order chi connectivity index (χ0) is 16.0. The first kappa shape index (κ1) is 14.5. The van der Waals surface area contributed by atoms with Crippen LogP contribution in [-0.2, 0) is 17.6 Å². The van der Waals surface area contributed by atoms with Gasteiger partial charge in [-0.2, -0.15) is 0 Å². The lowest BCUT2D eigenvalue weighted by atomic mass is 9.93. The van der Waals surface area contributed by atoms with Crippen LogP contribution in [0.25, 0.3) is 10.9 Å². The molecule has 1 aliphatic heterocycles. The second-order valence-electron chi connectivity index (χ2n) is 5.92. The summed E-state index contributed by atoms with van der Waals surface area (Å²) in [6.45, 7) is 2.14. The first-order chi connectivity index (χ1) is 11.2. The van der Waals surface area contributed by atoms with Gasteiger partial charge < -0.3 is 10.1 Å². The fourth-order valence-corrected chi connectivity index (χ4v) is 4.38. The number of aryl methyl sites for hydroxylation is 1. The van der Waals surface area contributed by atoms with Crippen molar-refractivity contribution in [3.05, 3.63) is 57.4 Å². The van der Waals surface area contributed by atoms with Crippen molar-refractivity contribution in [3.8, 4) is 0 Å². The fourth-order valence-electron chi connectivity index (χ4n) is 3.36. The average molecular weight is 326 g/mol. The molecule has 0 aliphatic carbocycles. The molecule has 0 saturated heterocycles. The first-order valence-corrected chi connectivity index (χ1v) is 8.66. The number of nitrogens with one attached hydrogen (secondary N) is 2. The second-order valence-corrected chi connectivity index (χ2v) is 7.11. The van der Waals surface area contributed by atoms with Crippen LogP contribution in [0.3, 0.4) is 0 Å². The Balaban J connectivity index is 1.87. The van der Waals surface area contributed by atoms with E-state index in [-0.39, 0.29) is 6.04 Å². The maximum atomic E-state index is 11.6. The number of aromatic nitrogens is 1. The molecule has 2 unspecified atom stereocenters. The molecule has 0 saturated carbocycles. The lowest BCUT2D eigenvalue weighted by Gasteiger charge is -2.28. The molecule has 3 heterocycles. The van der Waals surface area contributed by atoms with E-state index in [0.717, 1.165) is 28.6 Å². The molecule has 0 spiro atoms. The van der Waals surface area contributed by atoms with Gasteiger partial charge >= 0.3 is 5.97 Å². The molecule has 2 aromatic heterocycles. The Labute approximate surface area is 138 Å². The number of H-pyrrole nitrogens is 1. The Morgan fingerprint density at radius 3 is 2.87 bits per heavy atom. The zero-order valence-corrected chi connectivity index (χ0v) is 13.6. The highest BCUT2D eigenvalue weighted by atomic mass is 32.1. The molecule has 4 rings (SSSR count). The highest BCUT2D eigenvalue weighted by molar-refractivity contribution is 7.12. The van der Waals surface area contributed by atoms with Crippen molar-refractivity contribution in [2.24, 2.45) is 0 Å². The van der Waals surface area contributed by atoms with Gasteiger partial charge in [0.25, 0.3) is 0 Å². The smallest absolute Gasteiger partial charge is 0.321 e. The van der Waals surface area contributed by atoms with Crippen molar-refractivity contribution in [2.45, 2.75) is 31.8 Å². The third-order valence-electron chi connectivity index (χ3n) is 4.52. The van der Waals surface area contributed by atoms with E-state index in [2.05, 4.69) is 35.4 Å². The van der Waals surface area contributed by atoms with E-state index in [9.17, 15) is 9.90 Å². The van der Waals surface area contributed by atoms with Gasteiger partial charge in [-0.25, -0.2) is 0 Å². The quantitative estimate of drug-likeness (QED) is 0.690. The van der Waals surface area contributed by atoms with E-state index in [1.165, 1.54) is 9.75 Å². The standard InChI is InChI=1S/C18H18N2O2S/c1-2-10-7-8-15(23-10)17-16-12(9-14(20-17)18(21)22)11-5-3-4-6-13(11)19-16/h3-8,14,17,19-20H,2,9H2,1H3,(H,21,22). The summed E-state index contributed by atoms with van der Waals surface area (Å²) in [5.41, 5.74) is 3.30. The molecule has 5 heteroatoms. The number of hydrogen-bond donors (Lipinski definition) is 3. The van der Waals surface area contributed by atoms with Crippen LogP contribution in [0.2, 0.25) is 0 Å². The minimum atomic E-state index is -0.793. The van der Waals surface area contributed by atoms with Crippen LogP contribution in [0.15, 0.2) is 36.4 Å². The number of carbonyl (C=O) groups is 1. The topological polar surface area (TPSA) is 65.1 Å². The fraction of sp³-hybridized carbons (Fsp3) is 0.278. The Morgan fingerprint density at radius 2 is 2.13 bits per heavy atom. The maximum Gasteiger partial charge on any atom is 0.321 e. The van der Waals surface area contributed by atoms with Gasteiger partial charge in [-0.3, -0.25) is 10.1 Å². The summed E-state index contributed by atoms with van der Waals surface area (Å²) in [6.07, 6.45) is 1.51. The van der Waals surface area contributed by atoms with Crippen LogP contribution >= 0.6 is 11.3 Å². The van der Waals surface area contributed by atoms with Gasteiger partial charge in [-0.15, -0.1) is 11.3 Å². The molecule has 0 bridgehead atoms. The SMILES string of the molecule is CCc1ccc(C2NC(C(=O)O)Cc3c2[nH]c2ccccc32)s1. The van der Waals surface area contributed by atoms with Gasteiger partial charge in [0.2, 0.25) is 0 Å². The molecule has 23 heavy (non-hydrogen) atoms. The highest BCUT2D eigenvalue weighted by Crippen LogP contribution is 2.37. The molecule has 0 radical (unpaired) electrons. The van der Waals surface area contributed by atoms with Crippen molar-refractivity contribution >= 4 is 28.2 Å². The third-order valence-corrected chi connectivity index (χ3v) is 5.82. The number of para-hydroxylation sites is 1. The van der Waals surface area contributed by atoms with E-state index in [1.54, 1.807) is 11.3 Å². The lowest BCUT2D eigenvalue weighted by Crippen LogP contribution is -2.44. The van der Waals surface area contributed by atoms with Crippen molar-refractivity contribution < 1.29 is 9.90 Å². The van der Waals surface area contributed by atoms with E-state index in [4.69, 9.17) is 0 Å². The number of carboxylic acids is 1. The summed E-state index contributed by atoms with van der Waals surface area (Å²) in [5.74, 6) is -0.793. The number of benzene rings is 1. The predicted octanol–water partition coefficient (Wildman–Crippen LogP) is 3.48. The molecule has 0 amide bonds. The predicted molar refractivity (Wildman–Crippen MR) is 92.1 cm³/mol. The van der Waals surface area contributed by atoms with Gasteiger partial charge in [0.15, 0.2) is 0 Å². The summed E-state index contributed by atoms with van der Waals surface area (Å²) in [4.78, 5) is 17.6. The van der Waals surface area contributed by atoms with E-state index < -0.39 is 12.0 Å². The normalized spacial score (nSPS) is 20.6. The monoisotopic (exact) mass is 326 g/mol. The molecule has 2 atom stereocenters. The Kier molecular flexibility index (Phi) is 3.47. The molecule has 118 valence electrons. The van der Waals surface area contributed by atoms with Crippen molar-refractivity contribution in [2.75, 3.05) is 0 Å². The molecule has 3 aromatic rings. The number of fused-ring (bicyclic) bond motifs is 3. The molecule has 3 N–H and O–H groups in total. The Morgan fingerprint density at radius 1 is 1.30 bits per heavy atom. The molecule has 1 aromatic carbocycles. The minimum absolute atomic E-state index is 0.0856. The number of aromatic amines is 1. The molecule has 1 aliphatic rings. The number of rotatable bonds is 3. The summed E-state index contributed by atoms with van der Waals surface area (Å²) < 4.78 is 0. The number of thiophene rings is 1. The van der Waals surface area contributed by atoms with Gasteiger partial charge in [-0.05, 0) is 30.2 Å². The van der Waals surface area contributed by atoms with Crippen LogP contribution < -0.4 is 5.32 Å². The van der Waals surface area contributed by atoms with Gasteiger partial charge in [-0.1, -0.05) is 25.1 Å². The van der Waals surface area contributed by atoms with Gasteiger partial charge in [0.1, 0.15) is 6.04 Å². The minimum Gasteiger partial charge on any atom is -0.480 e. The Bertz CT molecular complexity index is 880. The largest absolute Gasteiger partial charge is 0.480 e. The summed E-state index contributed by atoms with van der Waals surface area (Å²) in [5, 5.41) is 14.0. The van der Waals surface area contributed by atoms with Crippen LogP contribution in [0, 0.1) is 0 Å². The van der Waals surface area contributed by atoms with Crippen LogP contribution in [-0.4, -0.2) is 22.1 Å². The van der Waals surface area contributed by atoms with Crippen LogP contribution in [0.5, 0.6) is 0 Å². The van der Waals surface area contributed by atoms with Crippen LogP contribution in [0.1, 0.15) is 34.0 Å². The highest BCUT2D eigenvalue weighted by Gasteiger charge is 2.34. The van der Waals surface area contributed by atoms with Gasteiger partial charge in [0, 0.05) is 32.8 Å². The number of carboxylic acid groups (broad SMARTS) is 1. The number of hydrogen-bond acceptors (Lipinski definition) is 3. The summed E-state index contributed by atoms with van der Waals surface area (Å²) >= 11 is 1.75. The third kappa shape index (κ3) is 2.36. The molecular formula is C18H18N2O2S. The van der Waals surface area contributed by atoms with Crippen LogP contribution in [0.4, 0.5) is 0 Å². The molecular weight excluding hydrogens is 308 g/mol. The number of aliphatic carboxylic acids is 1. The van der Waals surface area contributed by atoms with Crippen molar-refractivity contribution in [1.29, 1.82) is 0 Å². The lowest BCUT2D eigenvalue weighted by molar-refractivity contribution is -0.139. The van der Waals surface area contributed by atoms with Crippen molar-refractivity contribution in [1.82, 2.24) is 10.3 Å². The summed E-state index contributed by atoms with van der Waals surface area (Å²) in [6, 6.07) is 11.7. The molecule has 0 fully saturated rings. The van der Waals surface area contributed by atoms with Crippen molar-refractivity contribution in [3.63, 3.8) is 0 Å². The van der Waals surface area contributed by atoms with E-state index in [1.807, 2.05) is 18.2 Å². The van der Waals surface area contributed by atoms with Gasteiger partial charge in [0.05, 0.1) is 6.04 Å². The van der Waals surface area contributed by atoms with E-state index >= 15 is 0 Å². The zero-order valence-electron chi connectivity index (χ0n) is 12.8. The first-order valence-electron chi connectivity index (χ1n) is 7.84. The van der Waals surface area contributed by atoms with E-state index in [0.29, 0.717) is 6.42 Å².